The van der Waals surface area contributed by atoms with E-state index in [2.05, 4.69) is 28.2 Å². The smallest absolute Gasteiger partial charge is 0.259 e. The fourth-order valence-corrected chi connectivity index (χ4v) is 3.90. The Hall–Kier alpha value is -2.79. The summed E-state index contributed by atoms with van der Waals surface area (Å²) in [5, 5.41) is 15.5. The Bertz CT molecular complexity index is 1180. The number of unbranched alkanes of at least 4 members (excludes halogenated alkanes) is 1. The van der Waals surface area contributed by atoms with Crippen molar-refractivity contribution in [3.63, 3.8) is 0 Å². The quantitative estimate of drug-likeness (QED) is 0.367. The molecule has 0 radical (unpaired) electrons. The zero-order chi connectivity index (χ0) is 19.7. The molecule has 0 spiro atoms. The number of furan rings is 1. The second-order valence-corrected chi connectivity index (χ2v) is 7.58. The van der Waals surface area contributed by atoms with Gasteiger partial charge in [-0.1, -0.05) is 43.7 Å². The van der Waals surface area contributed by atoms with Crippen LogP contribution in [-0.2, 0) is 6.42 Å². The number of halogens is 1. The van der Waals surface area contributed by atoms with Crippen molar-refractivity contribution in [3.05, 3.63) is 70.4 Å². The molecule has 0 fully saturated rings. The van der Waals surface area contributed by atoms with Crippen molar-refractivity contribution < 1.29 is 14.3 Å². The minimum atomic E-state index is -0.173. The third kappa shape index (κ3) is 3.38. The van der Waals surface area contributed by atoms with E-state index in [-0.39, 0.29) is 11.7 Å². The SMILES string of the molecule is CCCCc1oc2ccccc2c1C(=O)Nc1ccc2c(Br)c(O)ccc2c1. The fourth-order valence-electron chi connectivity index (χ4n) is 3.41. The molecule has 0 aliphatic heterocycles. The van der Waals surface area contributed by atoms with E-state index in [0.717, 1.165) is 46.8 Å². The van der Waals surface area contributed by atoms with Gasteiger partial charge in [0.1, 0.15) is 17.1 Å². The minimum Gasteiger partial charge on any atom is -0.507 e. The zero-order valence-corrected chi connectivity index (χ0v) is 17.0. The molecule has 2 N–H and O–H groups in total. The second-order valence-electron chi connectivity index (χ2n) is 6.79. The molecule has 1 amide bonds. The third-order valence-electron chi connectivity index (χ3n) is 4.84. The number of rotatable bonds is 5. The molecule has 0 bridgehead atoms. The molecule has 1 heterocycles. The highest BCUT2D eigenvalue weighted by Gasteiger charge is 2.20. The van der Waals surface area contributed by atoms with Gasteiger partial charge in [-0.2, -0.15) is 0 Å². The number of hydrogen-bond acceptors (Lipinski definition) is 3. The van der Waals surface area contributed by atoms with Crippen molar-refractivity contribution >= 4 is 49.3 Å². The molecule has 3 aromatic carbocycles. The maximum Gasteiger partial charge on any atom is 0.259 e. The van der Waals surface area contributed by atoms with Gasteiger partial charge in [-0.15, -0.1) is 0 Å². The van der Waals surface area contributed by atoms with Gasteiger partial charge < -0.3 is 14.8 Å². The van der Waals surface area contributed by atoms with Crippen LogP contribution in [0.1, 0.15) is 35.9 Å². The summed E-state index contributed by atoms with van der Waals surface area (Å²) < 4.78 is 6.61. The number of anilines is 1. The lowest BCUT2D eigenvalue weighted by Crippen LogP contribution is -2.13. The van der Waals surface area contributed by atoms with E-state index in [4.69, 9.17) is 4.42 Å². The average Bonchev–Trinajstić information content (AvgIpc) is 3.07. The molecule has 0 saturated carbocycles. The van der Waals surface area contributed by atoms with Crippen molar-refractivity contribution in [2.45, 2.75) is 26.2 Å². The van der Waals surface area contributed by atoms with E-state index in [0.29, 0.717) is 15.7 Å². The van der Waals surface area contributed by atoms with E-state index in [9.17, 15) is 9.90 Å². The van der Waals surface area contributed by atoms with E-state index in [1.165, 1.54) is 0 Å². The lowest BCUT2D eigenvalue weighted by molar-refractivity contribution is 0.102. The van der Waals surface area contributed by atoms with Crippen LogP contribution in [0.2, 0.25) is 0 Å². The standard InChI is InChI=1S/C23H20BrNO3/c1-2-3-7-20-21(17-6-4-5-8-19(17)28-20)23(27)25-15-10-11-16-14(13-15)9-12-18(26)22(16)24/h4-6,8-13,26H,2-3,7H2,1H3,(H,25,27). The highest BCUT2D eigenvalue weighted by Crippen LogP contribution is 2.34. The summed E-state index contributed by atoms with van der Waals surface area (Å²) in [7, 11) is 0. The maximum absolute atomic E-state index is 13.1. The lowest BCUT2D eigenvalue weighted by Gasteiger charge is -2.09. The molecule has 5 heteroatoms. The molecule has 1 aromatic heterocycles. The van der Waals surface area contributed by atoms with Gasteiger partial charge in [-0.25, -0.2) is 0 Å². The van der Waals surface area contributed by atoms with Gasteiger partial charge in [0.05, 0.1) is 10.0 Å². The first kappa shape index (κ1) is 18.6. The summed E-state index contributed by atoms with van der Waals surface area (Å²) in [6.45, 7) is 2.12. The molecule has 28 heavy (non-hydrogen) atoms. The number of fused-ring (bicyclic) bond motifs is 2. The normalized spacial score (nSPS) is 11.2. The summed E-state index contributed by atoms with van der Waals surface area (Å²) in [5.74, 6) is 0.747. The lowest BCUT2D eigenvalue weighted by atomic mass is 10.1. The number of carbonyl (C=O) groups excluding carboxylic acids is 1. The van der Waals surface area contributed by atoms with Crippen LogP contribution in [0, 0.1) is 0 Å². The van der Waals surface area contributed by atoms with E-state index in [1.807, 2.05) is 48.5 Å². The van der Waals surface area contributed by atoms with Crippen molar-refractivity contribution in [1.82, 2.24) is 0 Å². The Morgan fingerprint density at radius 3 is 2.75 bits per heavy atom. The third-order valence-corrected chi connectivity index (χ3v) is 5.68. The summed E-state index contributed by atoms with van der Waals surface area (Å²) in [4.78, 5) is 13.1. The first-order valence-corrected chi connectivity index (χ1v) is 10.1. The second kappa shape index (κ2) is 7.68. The van der Waals surface area contributed by atoms with Crippen molar-refractivity contribution in [1.29, 1.82) is 0 Å². The fraction of sp³-hybridized carbons (Fsp3) is 0.174. The summed E-state index contributed by atoms with van der Waals surface area (Å²) >= 11 is 3.40. The molecule has 0 atom stereocenters. The first-order valence-electron chi connectivity index (χ1n) is 9.31. The highest BCUT2D eigenvalue weighted by atomic mass is 79.9. The number of aryl methyl sites for hydroxylation is 1. The predicted octanol–water partition coefficient (Wildman–Crippen LogP) is 6.65. The molecule has 0 saturated heterocycles. The molecule has 4 nitrogen and oxygen atoms in total. The minimum absolute atomic E-state index is 0.173. The molecule has 142 valence electrons. The number of phenolic OH excluding ortho intramolecular Hbond substituents is 1. The Morgan fingerprint density at radius 2 is 1.93 bits per heavy atom. The van der Waals surface area contributed by atoms with Gasteiger partial charge in [-0.3, -0.25) is 4.79 Å². The van der Waals surface area contributed by atoms with Gasteiger partial charge >= 0.3 is 0 Å². The van der Waals surface area contributed by atoms with Gasteiger partial charge in [0.2, 0.25) is 0 Å². The van der Waals surface area contributed by atoms with Crippen molar-refractivity contribution in [2.75, 3.05) is 5.32 Å². The van der Waals surface area contributed by atoms with Gasteiger partial charge in [0, 0.05) is 17.5 Å². The summed E-state index contributed by atoms with van der Waals surface area (Å²) in [5.41, 5.74) is 2.04. The predicted molar refractivity (Wildman–Crippen MR) is 116 cm³/mol. The van der Waals surface area contributed by atoms with Crippen LogP contribution < -0.4 is 5.32 Å². The molecule has 0 aliphatic rings. The Labute approximate surface area is 171 Å². The number of amides is 1. The van der Waals surface area contributed by atoms with E-state index >= 15 is 0 Å². The molecular formula is C23H20BrNO3. The van der Waals surface area contributed by atoms with Gasteiger partial charge in [0.25, 0.3) is 5.91 Å². The van der Waals surface area contributed by atoms with E-state index in [1.54, 1.807) is 6.07 Å². The molecule has 0 aliphatic carbocycles. The van der Waals surface area contributed by atoms with Gasteiger partial charge in [-0.05, 0) is 57.4 Å². The molecule has 4 rings (SSSR count). The van der Waals surface area contributed by atoms with Crippen LogP contribution in [0.3, 0.4) is 0 Å². The molecule has 4 aromatic rings. The van der Waals surface area contributed by atoms with E-state index < -0.39 is 0 Å². The van der Waals surface area contributed by atoms with Crippen LogP contribution in [-0.4, -0.2) is 11.0 Å². The van der Waals surface area contributed by atoms with Crippen LogP contribution in [0.5, 0.6) is 5.75 Å². The number of phenols is 1. The largest absolute Gasteiger partial charge is 0.507 e. The number of aromatic hydroxyl groups is 1. The zero-order valence-electron chi connectivity index (χ0n) is 15.5. The van der Waals surface area contributed by atoms with Crippen LogP contribution >= 0.6 is 15.9 Å². The number of nitrogens with one attached hydrogen (secondary N) is 1. The van der Waals surface area contributed by atoms with Crippen LogP contribution in [0.25, 0.3) is 21.7 Å². The monoisotopic (exact) mass is 437 g/mol. The number of benzene rings is 3. The first-order chi connectivity index (χ1) is 13.6. The van der Waals surface area contributed by atoms with Crippen LogP contribution in [0.15, 0.2) is 63.5 Å². The highest BCUT2D eigenvalue weighted by molar-refractivity contribution is 9.10. The summed E-state index contributed by atoms with van der Waals surface area (Å²) in [6, 6.07) is 16.7. The average molecular weight is 438 g/mol. The van der Waals surface area contributed by atoms with Gasteiger partial charge in [0.15, 0.2) is 0 Å². The molecular weight excluding hydrogens is 418 g/mol. The number of carbonyl (C=O) groups is 1. The Balaban J connectivity index is 1.70. The van der Waals surface area contributed by atoms with Crippen LogP contribution in [0.4, 0.5) is 5.69 Å². The number of hydrogen-bond donors (Lipinski definition) is 2. The topological polar surface area (TPSA) is 62.5 Å². The molecule has 0 unspecified atom stereocenters. The van der Waals surface area contributed by atoms with Crippen molar-refractivity contribution in [3.8, 4) is 5.75 Å². The van der Waals surface area contributed by atoms with Crippen molar-refractivity contribution in [2.24, 2.45) is 0 Å². The number of para-hydroxylation sites is 1. The summed E-state index contributed by atoms with van der Waals surface area (Å²) in [6.07, 6.45) is 2.73. The Morgan fingerprint density at radius 1 is 1.11 bits per heavy atom. The Kier molecular flexibility index (Phi) is 5.09. The maximum atomic E-state index is 13.1.